The number of hydrogen-bond acceptors (Lipinski definition) is 4. The minimum Gasteiger partial charge on any atom is -0.350 e. The van der Waals surface area contributed by atoms with Gasteiger partial charge in [-0.25, -0.2) is 4.98 Å². The van der Waals surface area contributed by atoms with Crippen LogP contribution in [0.3, 0.4) is 0 Å². The maximum atomic E-state index is 12.1. The average molecular weight is 276 g/mol. The second-order valence-corrected chi connectivity index (χ2v) is 5.53. The number of carbonyl (C=O) groups is 1. The van der Waals surface area contributed by atoms with Crippen molar-refractivity contribution in [3.05, 3.63) is 27.9 Å². The quantitative estimate of drug-likeness (QED) is 0.824. The van der Waals surface area contributed by atoms with E-state index in [1.54, 1.807) is 4.57 Å². The summed E-state index contributed by atoms with van der Waals surface area (Å²) in [7, 11) is 0. The Morgan fingerprint density at radius 1 is 1.45 bits per heavy atom. The first-order chi connectivity index (χ1) is 9.74. The van der Waals surface area contributed by atoms with Gasteiger partial charge in [-0.1, -0.05) is 6.42 Å². The summed E-state index contributed by atoms with van der Waals surface area (Å²) < 4.78 is 1.72. The Morgan fingerprint density at radius 3 is 3.05 bits per heavy atom. The standard InChI is InChI=1S/C14H20N4O2/c19-13-7-11(8-16-14(20)10-3-1-4-10)17-12-9-15-5-2-6-18(12)13/h7,10,15H,1-6,8-9H2,(H,16,20). The van der Waals surface area contributed by atoms with E-state index in [9.17, 15) is 9.59 Å². The van der Waals surface area contributed by atoms with E-state index in [-0.39, 0.29) is 17.4 Å². The highest BCUT2D eigenvalue weighted by atomic mass is 16.2. The molecule has 1 aromatic heterocycles. The second kappa shape index (κ2) is 5.75. The zero-order valence-corrected chi connectivity index (χ0v) is 11.5. The van der Waals surface area contributed by atoms with Crippen LogP contribution in [0.4, 0.5) is 0 Å². The van der Waals surface area contributed by atoms with Crippen LogP contribution in [-0.4, -0.2) is 22.0 Å². The molecule has 0 unspecified atom stereocenters. The lowest BCUT2D eigenvalue weighted by Gasteiger charge is -2.24. The lowest BCUT2D eigenvalue weighted by Crippen LogP contribution is -2.35. The Kier molecular flexibility index (Phi) is 3.82. The third-order valence-electron chi connectivity index (χ3n) is 4.08. The number of nitrogens with zero attached hydrogens (tertiary/aromatic N) is 2. The van der Waals surface area contributed by atoms with E-state index in [1.165, 1.54) is 6.07 Å². The summed E-state index contributed by atoms with van der Waals surface area (Å²) in [6.07, 6.45) is 4.04. The van der Waals surface area contributed by atoms with Crippen LogP contribution >= 0.6 is 0 Å². The van der Waals surface area contributed by atoms with Crippen molar-refractivity contribution in [3.8, 4) is 0 Å². The summed E-state index contributed by atoms with van der Waals surface area (Å²) in [5.74, 6) is 1.02. The molecule has 20 heavy (non-hydrogen) atoms. The van der Waals surface area contributed by atoms with Crippen LogP contribution in [0, 0.1) is 5.92 Å². The number of nitrogens with one attached hydrogen (secondary N) is 2. The molecular weight excluding hydrogens is 256 g/mol. The molecule has 0 aromatic carbocycles. The third kappa shape index (κ3) is 2.75. The van der Waals surface area contributed by atoms with Crippen molar-refractivity contribution >= 4 is 5.91 Å². The Balaban J connectivity index is 1.70. The normalized spacial score (nSPS) is 18.8. The highest BCUT2D eigenvalue weighted by Crippen LogP contribution is 2.26. The molecule has 1 saturated carbocycles. The van der Waals surface area contributed by atoms with Gasteiger partial charge in [0.2, 0.25) is 5.91 Å². The lowest BCUT2D eigenvalue weighted by atomic mass is 9.85. The zero-order chi connectivity index (χ0) is 13.9. The molecule has 1 fully saturated rings. The SMILES string of the molecule is O=C(NCc1cc(=O)n2c(n1)CNCCC2)C1CCC1. The van der Waals surface area contributed by atoms with E-state index in [0.29, 0.717) is 25.3 Å². The van der Waals surface area contributed by atoms with Crippen LogP contribution in [0.5, 0.6) is 0 Å². The maximum absolute atomic E-state index is 12.1. The van der Waals surface area contributed by atoms with E-state index >= 15 is 0 Å². The number of aromatic nitrogens is 2. The van der Waals surface area contributed by atoms with Gasteiger partial charge in [-0.3, -0.25) is 14.2 Å². The Hall–Kier alpha value is -1.69. The summed E-state index contributed by atoms with van der Waals surface area (Å²) in [6.45, 7) is 2.57. The van der Waals surface area contributed by atoms with Crippen molar-refractivity contribution in [2.45, 2.75) is 45.3 Å². The number of carbonyl (C=O) groups excluding carboxylic acids is 1. The molecule has 6 nitrogen and oxygen atoms in total. The van der Waals surface area contributed by atoms with Crippen LogP contribution in [0.15, 0.2) is 10.9 Å². The second-order valence-electron chi connectivity index (χ2n) is 5.53. The van der Waals surface area contributed by atoms with Crippen molar-refractivity contribution in [1.82, 2.24) is 20.2 Å². The molecule has 1 aromatic rings. The van der Waals surface area contributed by atoms with Crippen molar-refractivity contribution in [3.63, 3.8) is 0 Å². The first-order valence-corrected chi connectivity index (χ1v) is 7.32. The summed E-state index contributed by atoms with van der Waals surface area (Å²) in [6, 6.07) is 1.54. The van der Waals surface area contributed by atoms with Gasteiger partial charge in [0.15, 0.2) is 0 Å². The monoisotopic (exact) mass is 276 g/mol. The third-order valence-corrected chi connectivity index (χ3v) is 4.08. The largest absolute Gasteiger partial charge is 0.350 e. The van der Waals surface area contributed by atoms with Gasteiger partial charge in [-0.05, 0) is 25.8 Å². The van der Waals surface area contributed by atoms with Gasteiger partial charge in [0, 0.05) is 18.5 Å². The van der Waals surface area contributed by atoms with Gasteiger partial charge >= 0.3 is 0 Å². The Bertz CT molecular complexity index is 563. The molecular formula is C14H20N4O2. The fourth-order valence-corrected chi connectivity index (χ4v) is 2.63. The van der Waals surface area contributed by atoms with Crippen molar-refractivity contribution in [2.24, 2.45) is 5.92 Å². The minimum atomic E-state index is -0.0217. The highest BCUT2D eigenvalue weighted by Gasteiger charge is 2.24. The smallest absolute Gasteiger partial charge is 0.253 e. The van der Waals surface area contributed by atoms with E-state index in [2.05, 4.69) is 15.6 Å². The van der Waals surface area contributed by atoms with Crippen molar-refractivity contribution in [2.75, 3.05) is 6.54 Å². The molecule has 1 aliphatic carbocycles. The van der Waals surface area contributed by atoms with E-state index in [0.717, 1.165) is 38.1 Å². The topological polar surface area (TPSA) is 76.0 Å². The number of fused-ring (bicyclic) bond motifs is 1. The summed E-state index contributed by atoms with van der Waals surface area (Å²) in [5, 5.41) is 6.13. The van der Waals surface area contributed by atoms with Gasteiger partial charge in [0.1, 0.15) is 5.82 Å². The fraction of sp³-hybridized carbons (Fsp3) is 0.643. The first kappa shape index (κ1) is 13.3. The molecule has 0 radical (unpaired) electrons. The van der Waals surface area contributed by atoms with Gasteiger partial charge < -0.3 is 10.6 Å². The minimum absolute atomic E-state index is 0.0217. The maximum Gasteiger partial charge on any atom is 0.253 e. The molecule has 0 saturated heterocycles. The number of rotatable bonds is 3. The predicted molar refractivity (Wildman–Crippen MR) is 74.0 cm³/mol. The molecule has 108 valence electrons. The molecule has 2 aliphatic rings. The molecule has 1 aliphatic heterocycles. The van der Waals surface area contributed by atoms with Gasteiger partial charge in [0.05, 0.1) is 18.8 Å². The van der Waals surface area contributed by atoms with Crippen LogP contribution in [0.2, 0.25) is 0 Å². The Morgan fingerprint density at radius 2 is 2.30 bits per heavy atom. The summed E-state index contributed by atoms with van der Waals surface area (Å²) >= 11 is 0. The van der Waals surface area contributed by atoms with E-state index < -0.39 is 0 Å². The zero-order valence-electron chi connectivity index (χ0n) is 11.5. The van der Waals surface area contributed by atoms with Gasteiger partial charge in [-0.2, -0.15) is 0 Å². The first-order valence-electron chi connectivity index (χ1n) is 7.32. The Labute approximate surface area is 117 Å². The molecule has 1 amide bonds. The van der Waals surface area contributed by atoms with Crippen LogP contribution < -0.4 is 16.2 Å². The van der Waals surface area contributed by atoms with Gasteiger partial charge in [0.25, 0.3) is 5.56 Å². The highest BCUT2D eigenvalue weighted by molar-refractivity contribution is 5.79. The molecule has 0 atom stereocenters. The van der Waals surface area contributed by atoms with Crippen molar-refractivity contribution < 1.29 is 4.79 Å². The van der Waals surface area contributed by atoms with Crippen LogP contribution in [0.25, 0.3) is 0 Å². The summed E-state index contributed by atoms with van der Waals surface area (Å²) in [4.78, 5) is 28.4. The molecule has 0 bridgehead atoms. The van der Waals surface area contributed by atoms with Gasteiger partial charge in [-0.15, -0.1) is 0 Å². The molecule has 2 heterocycles. The number of amides is 1. The summed E-state index contributed by atoms with van der Waals surface area (Å²) in [5.41, 5.74) is 0.629. The molecule has 0 spiro atoms. The fourth-order valence-electron chi connectivity index (χ4n) is 2.63. The number of hydrogen-bond donors (Lipinski definition) is 2. The predicted octanol–water partition coefficient (Wildman–Crippen LogP) is 0.153. The van der Waals surface area contributed by atoms with Crippen LogP contribution in [-0.2, 0) is 24.4 Å². The van der Waals surface area contributed by atoms with Crippen LogP contribution in [0.1, 0.15) is 37.2 Å². The molecule has 2 N–H and O–H groups in total. The molecule has 6 heteroatoms. The molecule has 3 rings (SSSR count). The van der Waals surface area contributed by atoms with E-state index in [1.807, 2.05) is 0 Å². The van der Waals surface area contributed by atoms with Crippen molar-refractivity contribution in [1.29, 1.82) is 0 Å². The lowest BCUT2D eigenvalue weighted by molar-refractivity contribution is -0.127. The average Bonchev–Trinajstić information content (AvgIpc) is 2.60. The van der Waals surface area contributed by atoms with E-state index in [4.69, 9.17) is 0 Å².